The van der Waals surface area contributed by atoms with Gasteiger partial charge in [0.05, 0.1) is 5.56 Å². The number of amides is 1. The van der Waals surface area contributed by atoms with Gasteiger partial charge in [0.1, 0.15) is 0 Å². The number of rotatable bonds is 4. The molecular formula is C20H26N2O3. The maximum absolute atomic E-state index is 12.2. The summed E-state index contributed by atoms with van der Waals surface area (Å²) < 4.78 is 0. The second-order valence-electron chi connectivity index (χ2n) is 8.07. The summed E-state index contributed by atoms with van der Waals surface area (Å²) in [5.41, 5.74) is 1.76. The number of carboxylic acid groups (broad SMARTS) is 1. The van der Waals surface area contributed by atoms with Gasteiger partial charge in [-0.15, -0.1) is 0 Å². The Hall–Kier alpha value is -1.88. The number of nitrogens with zero attached hydrogens (tertiary/aromatic N) is 2. The van der Waals surface area contributed by atoms with Gasteiger partial charge in [-0.3, -0.25) is 9.69 Å². The Morgan fingerprint density at radius 3 is 2.60 bits per heavy atom. The van der Waals surface area contributed by atoms with E-state index in [1.165, 1.54) is 25.7 Å². The average Bonchev–Trinajstić information content (AvgIpc) is 3.43. The first-order chi connectivity index (χ1) is 12.0. The van der Waals surface area contributed by atoms with Crippen molar-refractivity contribution in [2.24, 2.45) is 5.41 Å². The zero-order valence-corrected chi connectivity index (χ0v) is 14.6. The molecule has 1 atom stereocenters. The predicted octanol–water partition coefficient (Wildman–Crippen LogP) is 2.75. The highest BCUT2D eigenvalue weighted by Crippen LogP contribution is 2.42. The Labute approximate surface area is 148 Å². The molecule has 1 amide bonds. The summed E-state index contributed by atoms with van der Waals surface area (Å²) >= 11 is 0. The summed E-state index contributed by atoms with van der Waals surface area (Å²) in [5, 5.41) is 9.02. The molecule has 3 aliphatic rings. The molecule has 5 nitrogen and oxygen atoms in total. The van der Waals surface area contributed by atoms with Crippen molar-refractivity contribution in [1.82, 2.24) is 9.80 Å². The number of carbonyl (C=O) groups excluding carboxylic acids is 1. The van der Waals surface area contributed by atoms with Crippen LogP contribution in [-0.2, 0) is 11.3 Å². The fourth-order valence-electron chi connectivity index (χ4n) is 4.55. The minimum Gasteiger partial charge on any atom is -0.478 e. The van der Waals surface area contributed by atoms with E-state index >= 15 is 0 Å². The van der Waals surface area contributed by atoms with E-state index in [9.17, 15) is 9.59 Å². The monoisotopic (exact) mass is 342 g/mol. The van der Waals surface area contributed by atoms with Gasteiger partial charge in [0.2, 0.25) is 5.91 Å². The van der Waals surface area contributed by atoms with Gasteiger partial charge in [-0.05, 0) is 56.3 Å². The molecule has 1 aliphatic carbocycles. The molecule has 1 spiro atoms. The van der Waals surface area contributed by atoms with Crippen molar-refractivity contribution >= 4 is 11.9 Å². The molecule has 1 unspecified atom stereocenters. The number of aromatic carboxylic acids is 1. The topological polar surface area (TPSA) is 60.9 Å². The maximum Gasteiger partial charge on any atom is 0.335 e. The van der Waals surface area contributed by atoms with E-state index in [0.29, 0.717) is 23.9 Å². The molecule has 1 N–H and O–H groups in total. The largest absolute Gasteiger partial charge is 0.478 e. The van der Waals surface area contributed by atoms with Crippen molar-refractivity contribution in [1.29, 1.82) is 0 Å². The fraction of sp³-hybridized carbons (Fsp3) is 0.600. The van der Waals surface area contributed by atoms with Crippen molar-refractivity contribution in [3.8, 4) is 0 Å². The normalized spacial score (nSPS) is 27.7. The standard InChI is InChI=1S/C20H26N2O3/c23-18-8-10-20(14-22(18)17-6-7-17)9-1-11-21(13-20)12-15-2-4-16(5-3-15)19(24)25/h2-5,17H,1,6-14H2,(H,24,25). The first kappa shape index (κ1) is 16.6. The molecule has 0 radical (unpaired) electrons. The molecule has 0 aromatic heterocycles. The van der Waals surface area contributed by atoms with E-state index in [2.05, 4.69) is 9.80 Å². The van der Waals surface area contributed by atoms with Crippen LogP contribution in [0.4, 0.5) is 0 Å². The predicted molar refractivity (Wildman–Crippen MR) is 94.3 cm³/mol. The molecule has 3 fully saturated rings. The van der Waals surface area contributed by atoms with Crippen LogP contribution in [0, 0.1) is 5.41 Å². The van der Waals surface area contributed by atoms with Crippen LogP contribution < -0.4 is 0 Å². The summed E-state index contributed by atoms with van der Waals surface area (Å²) in [7, 11) is 0. The Morgan fingerprint density at radius 1 is 1.16 bits per heavy atom. The van der Waals surface area contributed by atoms with Gasteiger partial charge in [-0.25, -0.2) is 4.79 Å². The summed E-state index contributed by atoms with van der Waals surface area (Å²) in [6.07, 6.45) is 6.49. The fourth-order valence-corrected chi connectivity index (χ4v) is 4.55. The molecule has 5 heteroatoms. The van der Waals surface area contributed by atoms with E-state index in [1.54, 1.807) is 12.1 Å². The molecule has 2 saturated heterocycles. The van der Waals surface area contributed by atoms with Crippen LogP contribution in [0.15, 0.2) is 24.3 Å². The molecule has 2 aliphatic heterocycles. The van der Waals surface area contributed by atoms with Gasteiger partial charge < -0.3 is 10.0 Å². The van der Waals surface area contributed by atoms with Crippen LogP contribution in [0.5, 0.6) is 0 Å². The zero-order valence-electron chi connectivity index (χ0n) is 14.6. The summed E-state index contributed by atoms with van der Waals surface area (Å²) in [4.78, 5) is 27.9. The van der Waals surface area contributed by atoms with Crippen molar-refractivity contribution in [2.45, 2.75) is 51.1 Å². The van der Waals surface area contributed by atoms with Gasteiger partial charge in [-0.1, -0.05) is 12.1 Å². The third-order valence-corrected chi connectivity index (χ3v) is 6.03. The average molecular weight is 342 g/mol. The van der Waals surface area contributed by atoms with Crippen LogP contribution in [0.2, 0.25) is 0 Å². The molecule has 0 bridgehead atoms. The number of benzene rings is 1. The SMILES string of the molecule is O=C(O)c1ccc(CN2CCCC3(CCC(=O)N(C4CC4)C3)C2)cc1. The number of hydrogen-bond donors (Lipinski definition) is 1. The van der Waals surface area contributed by atoms with E-state index in [4.69, 9.17) is 5.11 Å². The smallest absolute Gasteiger partial charge is 0.335 e. The van der Waals surface area contributed by atoms with Gasteiger partial charge in [0, 0.05) is 37.5 Å². The summed E-state index contributed by atoms with van der Waals surface area (Å²) in [5.74, 6) is -0.523. The lowest BCUT2D eigenvalue weighted by molar-refractivity contribution is -0.140. The molecule has 4 rings (SSSR count). The first-order valence-corrected chi connectivity index (χ1v) is 9.39. The van der Waals surface area contributed by atoms with Crippen LogP contribution >= 0.6 is 0 Å². The number of piperidine rings is 2. The van der Waals surface area contributed by atoms with Crippen LogP contribution in [-0.4, -0.2) is 52.5 Å². The van der Waals surface area contributed by atoms with Gasteiger partial charge in [0.15, 0.2) is 0 Å². The quantitative estimate of drug-likeness (QED) is 0.914. The van der Waals surface area contributed by atoms with Crippen LogP contribution in [0.1, 0.15) is 54.4 Å². The van der Waals surface area contributed by atoms with Crippen LogP contribution in [0.25, 0.3) is 0 Å². The van der Waals surface area contributed by atoms with Crippen molar-refractivity contribution in [3.63, 3.8) is 0 Å². The third-order valence-electron chi connectivity index (χ3n) is 6.03. The van der Waals surface area contributed by atoms with Gasteiger partial charge >= 0.3 is 5.97 Å². The number of likely N-dealkylation sites (tertiary alicyclic amines) is 2. The lowest BCUT2D eigenvalue weighted by atomic mass is 9.73. The molecule has 1 aromatic carbocycles. The number of carbonyl (C=O) groups is 2. The molecule has 1 saturated carbocycles. The molecule has 25 heavy (non-hydrogen) atoms. The Kier molecular flexibility index (Phi) is 4.28. The minimum absolute atomic E-state index is 0.260. The molecule has 1 aromatic rings. The van der Waals surface area contributed by atoms with Crippen molar-refractivity contribution in [2.75, 3.05) is 19.6 Å². The zero-order chi connectivity index (χ0) is 17.4. The maximum atomic E-state index is 12.2. The summed E-state index contributed by atoms with van der Waals surface area (Å²) in [6.45, 7) is 3.92. The number of carboxylic acids is 1. The first-order valence-electron chi connectivity index (χ1n) is 9.39. The molecule has 2 heterocycles. The van der Waals surface area contributed by atoms with Crippen LogP contribution in [0.3, 0.4) is 0 Å². The lowest BCUT2D eigenvalue weighted by Crippen LogP contribution is -2.54. The Bertz CT molecular complexity index is 668. The number of hydrogen-bond acceptors (Lipinski definition) is 3. The molecular weight excluding hydrogens is 316 g/mol. The minimum atomic E-state index is -0.879. The molecule has 134 valence electrons. The van der Waals surface area contributed by atoms with E-state index in [1.807, 2.05) is 12.1 Å². The third kappa shape index (κ3) is 3.56. The van der Waals surface area contributed by atoms with E-state index < -0.39 is 5.97 Å². The highest BCUT2D eigenvalue weighted by atomic mass is 16.4. The summed E-state index contributed by atoms with van der Waals surface area (Å²) in [6, 6.07) is 7.73. The second kappa shape index (κ2) is 6.45. The highest BCUT2D eigenvalue weighted by molar-refractivity contribution is 5.87. The van der Waals surface area contributed by atoms with E-state index in [-0.39, 0.29) is 5.41 Å². The van der Waals surface area contributed by atoms with Gasteiger partial charge in [-0.2, -0.15) is 0 Å². The van der Waals surface area contributed by atoms with E-state index in [0.717, 1.165) is 38.2 Å². The Balaban J connectivity index is 1.42. The highest BCUT2D eigenvalue weighted by Gasteiger charge is 2.45. The van der Waals surface area contributed by atoms with Crippen molar-refractivity contribution in [3.05, 3.63) is 35.4 Å². The lowest BCUT2D eigenvalue weighted by Gasteiger charge is -2.48. The Morgan fingerprint density at radius 2 is 1.92 bits per heavy atom. The van der Waals surface area contributed by atoms with Crippen molar-refractivity contribution < 1.29 is 14.7 Å². The second-order valence-corrected chi connectivity index (χ2v) is 8.07. The van der Waals surface area contributed by atoms with Gasteiger partial charge in [0.25, 0.3) is 0 Å².